The van der Waals surface area contributed by atoms with Crippen molar-refractivity contribution in [3.05, 3.63) is 66.8 Å². The van der Waals surface area contributed by atoms with Gasteiger partial charge in [-0.3, -0.25) is 9.59 Å². The average molecular weight is 568 g/mol. The van der Waals surface area contributed by atoms with E-state index in [1.807, 2.05) is 0 Å². The molecule has 0 saturated carbocycles. The molecule has 0 aliphatic carbocycles. The summed E-state index contributed by atoms with van der Waals surface area (Å²) in [6.07, 6.45) is 0. The lowest BCUT2D eigenvalue weighted by Gasteiger charge is -2.14. The van der Waals surface area contributed by atoms with Crippen molar-refractivity contribution >= 4 is 87.3 Å². The van der Waals surface area contributed by atoms with E-state index in [0.717, 1.165) is 11.8 Å². The summed E-state index contributed by atoms with van der Waals surface area (Å²) in [6, 6.07) is 7.12. The molecule has 3 rings (SSSR count). The van der Waals surface area contributed by atoms with E-state index in [0.29, 0.717) is 26.6 Å². The molecular weight excluding hydrogens is 552 g/mol. The number of hydrogen-bond donors (Lipinski definition) is 2. The first kappa shape index (κ1) is 25.9. The maximum Gasteiger partial charge on any atom is 0.253 e. The van der Waals surface area contributed by atoms with Crippen molar-refractivity contribution in [3.8, 4) is 0 Å². The van der Waals surface area contributed by atoms with Crippen LogP contribution in [0.4, 0.5) is 5.69 Å². The monoisotopic (exact) mass is 565 g/mol. The fourth-order valence-corrected chi connectivity index (χ4v) is 4.93. The van der Waals surface area contributed by atoms with Gasteiger partial charge in [0.15, 0.2) is 11.0 Å². The summed E-state index contributed by atoms with van der Waals surface area (Å²) in [7, 11) is 1.74. The molecule has 0 aliphatic rings. The zero-order valence-electron chi connectivity index (χ0n) is 17.1. The van der Waals surface area contributed by atoms with Gasteiger partial charge in [0.2, 0.25) is 5.91 Å². The van der Waals surface area contributed by atoms with Crippen LogP contribution >= 0.6 is 69.8 Å². The maximum atomic E-state index is 12.6. The van der Waals surface area contributed by atoms with Gasteiger partial charge < -0.3 is 15.2 Å². The highest BCUT2D eigenvalue weighted by molar-refractivity contribution is 7.99. The highest BCUT2D eigenvalue weighted by Gasteiger charge is 2.20. The minimum absolute atomic E-state index is 0.0301. The highest BCUT2D eigenvalue weighted by Crippen LogP contribution is 2.34. The van der Waals surface area contributed by atoms with Gasteiger partial charge in [0.25, 0.3) is 5.91 Å². The first-order chi connectivity index (χ1) is 15.6. The Morgan fingerprint density at radius 3 is 2.27 bits per heavy atom. The quantitative estimate of drug-likeness (QED) is 0.327. The maximum absolute atomic E-state index is 12.6. The minimum Gasteiger partial charge on any atom is -0.342 e. The van der Waals surface area contributed by atoms with Gasteiger partial charge in [-0.2, -0.15) is 0 Å². The molecule has 0 fully saturated rings. The molecule has 3 aromatic rings. The van der Waals surface area contributed by atoms with Crippen LogP contribution in [0.1, 0.15) is 29.1 Å². The standard InChI is InChI=1S/C20H16Cl5N5O2S/c1-9(26-19(32)12-4-3-10(21)5-13(12)23)18-28-29-20(30(18)2)33-8-16(31)27-17-14(24)6-11(22)7-15(17)25/h3-7,9H,8H2,1-2H3,(H,26,32)(H,27,31)/t9-/m1/s1. The summed E-state index contributed by atoms with van der Waals surface area (Å²) >= 11 is 31.2. The zero-order valence-corrected chi connectivity index (χ0v) is 21.7. The van der Waals surface area contributed by atoms with Gasteiger partial charge in [0.05, 0.1) is 38.1 Å². The molecule has 13 heteroatoms. The molecule has 7 nitrogen and oxygen atoms in total. The molecule has 0 bridgehead atoms. The van der Waals surface area contributed by atoms with Gasteiger partial charge >= 0.3 is 0 Å². The Kier molecular flexibility index (Phi) is 8.77. The lowest BCUT2D eigenvalue weighted by molar-refractivity contribution is -0.113. The Balaban J connectivity index is 1.62. The van der Waals surface area contributed by atoms with Crippen molar-refractivity contribution in [2.75, 3.05) is 11.1 Å². The third-order valence-electron chi connectivity index (χ3n) is 4.38. The van der Waals surface area contributed by atoms with Crippen molar-refractivity contribution in [1.29, 1.82) is 0 Å². The summed E-state index contributed by atoms with van der Waals surface area (Å²) in [5.41, 5.74) is 0.574. The molecule has 2 aromatic carbocycles. The normalized spacial score (nSPS) is 11.8. The van der Waals surface area contributed by atoms with Gasteiger partial charge in [-0.15, -0.1) is 10.2 Å². The van der Waals surface area contributed by atoms with E-state index >= 15 is 0 Å². The predicted octanol–water partition coefficient (Wildman–Crippen LogP) is 6.30. The van der Waals surface area contributed by atoms with Gasteiger partial charge in [0, 0.05) is 17.1 Å². The number of aromatic nitrogens is 3. The topological polar surface area (TPSA) is 88.9 Å². The molecule has 1 aromatic heterocycles. The van der Waals surface area contributed by atoms with E-state index in [2.05, 4.69) is 20.8 Å². The number of halogens is 5. The third-order valence-corrected chi connectivity index (χ3v) is 6.77. The zero-order chi connectivity index (χ0) is 24.3. The van der Waals surface area contributed by atoms with E-state index < -0.39 is 6.04 Å². The smallest absolute Gasteiger partial charge is 0.253 e. The number of carbonyl (C=O) groups is 2. The van der Waals surface area contributed by atoms with Crippen LogP contribution in [0.15, 0.2) is 35.5 Å². The Bertz CT molecular complexity index is 1200. The van der Waals surface area contributed by atoms with Crippen LogP contribution in [0.25, 0.3) is 0 Å². The first-order valence-corrected chi connectivity index (χ1v) is 12.2. The Hall–Kier alpha value is -1.68. The van der Waals surface area contributed by atoms with E-state index in [-0.39, 0.29) is 38.3 Å². The molecule has 0 saturated heterocycles. The van der Waals surface area contributed by atoms with E-state index in [1.54, 1.807) is 30.7 Å². The molecule has 1 atom stereocenters. The molecule has 0 spiro atoms. The van der Waals surface area contributed by atoms with Gasteiger partial charge in [0.1, 0.15) is 0 Å². The van der Waals surface area contributed by atoms with Crippen LogP contribution in [0.3, 0.4) is 0 Å². The lowest BCUT2D eigenvalue weighted by Crippen LogP contribution is -2.28. The van der Waals surface area contributed by atoms with Crippen LogP contribution in [0.2, 0.25) is 25.1 Å². The lowest BCUT2D eigenvalue weighted by atomic mass is 10.2. The molecule has 0 aliphatic heterocycles. The molecule has 2 amide bonds. The van der Waals surface area contributed by atoms with Crippen LogP contribution in [0, 0.1) is 0 Å². The first-order valence-electron chi connectivity index (χ1n) is 9.29. The minimum atomic E-state index is -0.475. The SMILES string of the molecule is C[C@@H](NC(=O)c1ccc(Cl)cc1Cl)c1nnc(SCC(=O)Nc2c(Cl)cc(Cl)cc2Cl)n1C. The van der Waals surface area contributed by atoms with Crippen molar-refractivity contribution in [3.63, 3.8) is 0 Å². The van der Waals surface area contributed by atoms with Gasteiger partial charge in [-0.1, -0.05) is 69.8 Å². The van der Waals surface area contributed by atoms with E-state index in [9.17, 15) is 9.59 Å². The van der Waals surface area contributed by atoms with Crippen molar-refractivity contribution < 1.29 is 9.59 Å². The highest BCUT2D eigenvalue weighted by atomic mass is 35.5. The Labute approximate surface area is 219 Å². The summed E-state index contributed by atoms with van der Waals surface area (Å²) in [4.78, 5) is 24.9. The summed E-state index contributed by atoms with van der Waals surface area (Å²) in [5, 5.41) is 15.7. The molecule has 33 heavy (non-hydrogen) atoms. The van der Waals surface area contributed by atoms with Crippen molar-refractivity contribution in [2.45, 2.75) is 18.1 Å². The van der Waals surface area contributed by atoms with Gasteiger partial charge in [-0.05, 0) is 37.3 Å². The molecule has 174 valence electrons. The number of rotatable bonds is 7. The fourth-order valence-electron chi connectivity index (χ4n) is 2.81. The average Bonchev–Trinajstić information content (AvgIpc) is 3.09. The largest absolute Gasteiger partial charge is 0.342 e. The van der Waals surface area contributed by atoms with Crippen LogP contribution in [0.5, 0.6) is 0 Å². The molecular formula is C20H16Cl5N5O2S. The number of amides is 2. The second-order valence-electron chi connectivity index (χ2n) is 6.80. The third kappa shape index (κ3) is 6.47. The molecule has 2 N–H and O–H groups in total. The number of benzene rings is 2. The number of hydrogen-bond acceptors (Lipinski definition) is 5. The van der Waals surface area contributed by atoms with E-state index in [4.69, 9.17) is 58.0 Å². The van der Waals surface area contributed by atoms with Crippen LogP contribution < -0.4 is 10.6 Å². The molecule has 0 unspecified atom stereocenters. The number of nitrogens with zero attached hydrogens (tertiary/aromatic N) is 3. The second kappa shape index (κ2) is 11.2. The Morgan fingerprint density at radius 1 is 1.00 bits per heavy atom. The second-order valence-corrected chi connectivity index (χ2v) is 9.84. The van der Waals surface area contributed by atoms with Gasteiger partial charge in [-0.25, -0.2) is 0 Å². The van der Waals surface area contributed by atoms with E-state index in [1.165, 1.54) is 18.2 Å². The fraction of sp³-hybridized carbons (Fsp3) is 0.200. The predicted molar refractivity (Wildman–Crippen MR) is 134 cm³/mol. The molecule has 1 heterocycles. The number of anilines is 1. The van der Waals surface area contributed by atoms with Crippen molar-refractivity contribution in [1.82, 2.24) is 20.1 Å². The summed E-state index contributed by atoms with van der Waals surface area (Å²) < 4.78 is 1.69. The number of thioether (sulfide) groups is 1. The number of carbonyl (C=O) groups excluding carboxylic acids is 2. The number of nitrogens with one attached hydrogen (secondary N) is 2. The van der Waals surface area contributed by atoms with Crippen molar-refractivity contribution in [2.24, 2.45) is 7.05 Å². The van der Waals surface area contributed by atoms with Crippen LogP contribution in [-0.2, 0) is 11.8 Å². The summed E-state index contributed by atoms with van der Waals surface area (Å²) in [5.74, 6) is -0.186. The Morgan fingerprint density at radius 2 is 1.64 bits per heavy atom. The molecule has 0 radical (unpaired) electrons. The summed E-state index contributed by atoms with van der Waals surface area (Å²) in [6.45, 7) is 1.76. The van der Waals surface area contributed by atoms with Crippen LogP contribution in [-0.4, -0.2) is 32.3 Å².